The summed E-state index contributed by atoms with van der Waals surface area (Å²) >= 11 is 5.91. The molecule has 0 saturated carbocycles. The number of phenols is 1. The largest absolute Gasteiger partial charge is 0.508 e. The van der Waals surface area contributed by atoms with E-state index >= 15 is 0 Å². The number of imidazole rings is 1. The van der Waals surface area contributed by atoms with Gasteiger partial charge in [0.05, 0.1) is 0 Å². The van der Waals surface area contributed by atoms with Gasteiger partial charge < -0.3 is 9.67 Å². The number of nitrogens with zero attached hydrogens (tertiary/aromatic N) is 2. The minimum Gasteiger partial charge on any atom is -0.508 e. The molecule has 0 aliphatic heterocycles. The van der Waals surface area contributed by atoms with Crippen LogP contribution in [0.4, 0.5) is 0 Å². The van der Waals surface area contributed by atoms with E-state index in [1.807, 2.05) is 42.6 Å². The van der Waals surface area contributed by atoms with Crippen molar-refractivity contribution in [3.05, 3.63) is 71.5 Å². The van der Waals surface area contributed by atoms with Crippen LogP contribution >= 0.6 is 11.6 Å². The van der Waals surface area contributed by atoms with Gasteiger partial charge >= 0.3 is 0 Å². The Balaban J connectivity index is 1.90. The molecule has 0 unspecified atom stereocenters. The summed E-state index contributed by atoms with van der Waals surface area (Å²) in [5, 5.41) is 10.0. The minimum absolute atomic E-state index is 0.275. The average Bonchev–Trinajstić information content (AvgIpc) is 2.90. The summed E-state index contributed by atoms with van der Waals surface area (Å²) in [6, 6.07) is 14.8. The van der Waals surface area contributed by atoms with Crippen molar-refractivity contribution in [3.8, 4) is 17.1 Å². The van der Waals surface area contributed by atoms with Crippen LogP contribution in [0.5, 0.6) is 5.75 Å². The van der Waals surface area contributed by atoms with Crippen molar-refractivity contribution in [2.75, 3.05) is 0 Å². The van der Waals surface area contributed by atoms with Gasteiger partial charge in [0.2, 0.25) is 0 Å². The molecule has 0 saturated heterocycles. The van der Waals surface area contributed by atoms with Gasteiger partial charge in [-0.15, -0.1) is 0 Å². The van der Waals surface area contributed by atoms with Gasteiger partial charge in [0.1, 0.15) is 11.6 Å². The molecule has 0 atom stereocenters. The molecule has 0 aliphatic carbocycles. The van der Waals surface area contributed by atoms with Crippen LogP contribution in [0.25, 0.3) is 11.4 Å². The maximum Gasteiger partial charge on any atom is 0.140 e. The van der Waals surface area contributed by atoms with Gasteiger partial charge in [0, 0.05) is 29.5 Å². The summed E-state index contributed by atoms with van der Waals surface area (Å²) in [4.78, 5) is 4.40. The molecule has 0 aliphatic rings. The Kier molecular flexibility index (Phi) is 3.44. The van der Waals surface area contributed by atoms with E-state index < -0.39 is 0 Å². The van der Waals surface area contributed by atoms with Gasteiger partial charge in [0.25, 0.3) is 0 Å². The van der Waals surface area contributed by atoms with E-state index in [0.29, 0.717) is 11.6 Å². The first-order chi connectivity index (χ1) is 9.72. The van der Waals surface area contributed by atoms with Crippen LogP contribution in [0.2, 0.25) is 5.02 Å². The van der Waals surface area contributed by atoms with Gasteiger partial charge in [-0.25, -0.2) is 4.98 Å². The molecule has 2 aromatic carbocycles. The highest BCUT2D eigenvalue weighted by Gasteiger charge is 2.06. The monoisotopic (exact) mass is 284 g/mol. The Morgan fingerprint density at radius 1 is 1.00 bits per heavy atom. The van der Waals surface area contributed by atoms with Crippen molar-refractivity contribution in [1.29, 1.82) is 0 Å². The lowest BCUT2D eigenvalue weighted by molar-refractivity contribution is 0.475. The number of hydrogen-bond acceptors (Lipinski definition) is 2. The van der Waals surface area contributed by atoms with Crippen LogP contribution in [0.1, 0.15) is 5.56 Å². The first-order valence-corrected chi connectivity index (χ1v) is 6.65. The molecular weight excluding hydrogens is 272 g/mol. The van der Waals surface area contributed by atoms with Gasteiger partial charge in [-0.1, -0.05) is 23.7 Å². The van der Waals surface area contributed by atoms with Gasteiger partial charge in [-0.05, 0) is 42.0 Å². The molecule has 0 radical (unpaired) electrons. The molecule has 100 valence electrons. The molecule has 1 heterocycles. The van der Waals surface area contributed by atoms with Crippen molar-refractivity contribution in [2.24, 2.45) is 0 Å². The molecule has 3 nitrogen and oxygen atoms in total. The first kappa shape index (κ1) is 12.8. The molecule has 20 heavy (non-hydrogen) atoms. The molecule has 0 fully saturated rings. The molecule has 1 aromatic heterocycles. The fourth-order valence-corrected chi connectivity index (χ4v) is 2.22. The van der Waals surface area contributed by atoms with Gasteiger partial charge in [-0.3, -0.25) is 0 Å². The van der Waals surface area contributed by atoms with E-state index in [-0.39, 0.29) is 5.75 Å². The maximum absolute atomic E-state index is 9.31. The lowest BCUT2D eigenvalue weighted by Gasteiger charge is -2.08. The zero-order valence-electron chi connectivity index (χ0n) is 10.7. The second-order valence-corrected chi connectivity index (χ2v) is 4.99. The highest BCUT2D eigenvalue weighted by molar-refractivity contribution is 6.30. The quantitative estimate of drug-likeness (QED) is 0.790. The highest BCUT2D eigenvalue weighted by atomic mass is 35.5. The van der Waals surface area contributed by atoms with E-state index in [0.717, 1.165) is 17.0 Å². The zero-order chi connectivity index (χ0) is 13.9. The van der Waals surface area contributed by atoms with Crippen LogP contribution in [0, 0.1) is 0 Å². The van der Waals surface area contributed by atoms with Gasteiger partial charge in [-0.2, -0.15) is 0 Å². The van der Waals surface area contributed by atoms with E-state index in [4.69, 9.17) is 11.6 Å². The predicted octanol–water partition coefficient (Wildman–Crippen LogP) is 3.96. The first-order valence-electron chi connectivity index (χ1n) is 6.27. The SMILES string of the molecule is Oc1ccc(Cn2ccnc2-c2ccc(Cl)cc2)cc1. The number of rotatable bonds is 3. The van der Waals surface area contributed by atoms with Crippen molar-refractivity contribution >= 4 is 11.6 Å². The lowest BCUT2D eigenvalue weighted by atomic mass is 10.2. The third-order valence-electron chi connectivity index (χ3n) is 3.11. The van der Waals surface area contributed by atoms with Crippen LogP contribution in [0.15, 0.2) is 60.9 Å². The van der Waals surface area contributed by atoms with Crippen LogP contribution in [-0.4, -0.2) is 14.7 Å². The summed E-state index contributed by atoms with van der Waals surface area (Å²) in [6.07, 6.45) is 3.72. The molecular formula is C16H13ClN2O. The third-order valence-corrected chi connectivity index (χ3v) is 3.36. The van der Waals surface area contributed by atoms with E-state index in [1.165, 1.54) is 0 Å². The zero-order valence-corrected chi connectivity index (χ0v) is 11.5. The highest BCUT2D eigenvalue weighted by Crippen LogP contribution is 2.21. The fourth-order valence-electron chi connectivity index (χ4n) is 2.09. The minimum atomic E-state index is 0.275. The topological polar surface area (TPSA) is 38.0 Å². The second-order valence-electron chi connectivity index (χ2n) is 4.55. The summed E-state index contributed by atoms with van der Waals surface area (Å²) in [7, 11) is 0. The summed E-state index contributed by atoms with van der Waals surface area (Å²) in [6.45, 7) is 0.707. The number of aromatic hydroxyl groups is 1. The average molecular weight is 285 g/mol. The Hall–Kier alpha value is -2.26. The standard InChI is InChI=1S/C16H13ClN2O/c17-14-5-3-13(4-6-14)16-18-9-10-19(16)11-12-1-7-15(20)8-2-12/h1-10,20H,11H2. The van der Waals surface area contributed by atoms with Crippen molar-refractivity contribution < 1.29 is 5.11 Å². The number of phenolic OH excluding ortho intramolecular Hbond substituents is 1. The fraction of sp³-hybridized carbons (Fsp3) is 0.0625. The van der Waals surface area contributed by atoms with Crippen LogP contribution in [-0.2, 0) is 6.54 Å². The van der Waals surface area contributed by atoms with Gasteiger partial charge in [0.15, 0.2) is 0 Å². The number of benzene rings is 2. The lowest BCUT2D eigenvalue weighted by Crippen LogP contribution is -2.00. The molecule has 0 spiro atoms. The van der Waals surface area contributed by atoms with E-state index in [9.17, 15) is 5.11 Å². The summed E-state index contributed by atoms with van der Waals surface area (Å²) in [5.41, 5.74) is 2.13. The van der Waals surface area contributed by atoms with Crippen molar-refractivity contribution in [3.63, 3.8) is 0 Å². The van der Waals surface area contributed by atoms with Crippen molar-refractivity contribution in [1.82, 2.24) is 9.55 Å². The Morgan fingerprint density at radius 2 is 1.70 bits per heavy atom. The smallest absolute Gasteiger partial charge is 0.140 e. The normalized spacial score (nSPS) is 10.7. The molecule has 1 N–H and O–H groups in total. The van der Waals surface area contributed by atoms with Crippen LogP contribution in [0.3, 0.4) is 0 Å². The third kappa shape index (κ3) is 2.68. The van der Waals surface area contributed by atoms with E-state index in [1.54, 1.807) is 18.3 Å². The molecule has 4 heteroatoms. The predicted molar refractivity (Wildman–Crippen MR) is 79.9 cm³/mol. The Bertz CT molecular complexity index is 702. The molecule has 0 bridgehead atoms. The Labute approximate surface area is 122 Å². The van der Waals surface area contributed by atoms with E-state index in [2.05, 4.69) is 9.55 Å². The molecule has 0 amide bonds. The summed E-state index contributed by atoms with van der Waals surface area (Å²) in [5.74, 6) is 1.17. The number of hydrogen-bond donors (Lipinski definition) is 1. The summed E-state index contributed by atoms with van der Waals surface area (Å²) < 4.78 is 2.07. The molecule has 3 aromatic rings. The van der Waals surface area contributed by atoms with Crippen molar-refractivity contribution in [2.45, 2.75) is 6.54 Å². The number of halogens is 1. The van der Waals surface area contributed by atoms with Crippen LogP contribution < -0.4 is 0 Å². The molecule has 3 rings (SSSR count). The Morgan fingerprint density at radius 3 is 2.40 bits per heavy atom. The maximum atomic E-state index is 9.31. The second kappa shape index (κ2) is 5.39. The number of aromatic nitrogens is 2.